The number of para-hydroxylation sites is 1. The SMILES string of the molecule is C#CCSc1nnc(-c2ccncc2)n1-c1ccccc1. The summed E-state index contributed by atoms with van der Waals surface area (Å²) in [4.78, 5) is 4.04. The van der Waals surface area contributed by atoms with E-state index in [4.69, 9.17) is 6.42 Å². The van der Waals surface area contributed by atoms with E-state index >= 15 is 0 Å². The molecule has 5 heteroatoms. The van der Waals surface area contributed by atoms with E-state index in [-0.39, 0.29) is 0 Å². The zero-order valence-corrected chi connectivity index (χ0v) is 12.0. The monoisotopic (exact) mass is 292 g/mol. The van der Waals surface area contributed by atoms with Crippen molar-refractivity contribution in [3.63, 3.8) is 0 Å². The molecule has 0 saturated carbocycles. The van der Waals surface area contributed by atoms with Crippen LogP contribution in [0.25, 0.3) is 17.1 Å². The molecule has 2 heterocycles. The Labute approximate surface area is 127 Å². The van der Waals surface area contributed by atoms with Crippen LogP contribution in [0.3, 0.4) is 0 Å². The normalized spacial score (nSPS) is 10.2. The van der Waals surface area contributed by atoms with Gasteiger partial charge in [0.05, 0.1) is 5.75 Å². The van der Waals surface area contributed by atoms with Crippen LogP contribution in [-0.4, -0.2) is 25.5 Å². The number of aromatic nitrogens is 4. The van der Waals surface area contributed by atoms with Crippen LogP contribution in [0.2, 0.25) is 0 Å². The van der Waals surface area contributed by atoms with E-state index in [1.807, 2.05) is 47.0 Å². The fourth-order valence-corrected chi connectivity index (χ4v) is 2.60. The Balaban J connectivity index is 2.13. The second kappa shape index (κ2) is 6.25. The lowest BCUT2D eigenvalue weighted by Gasteiger charge is -2.09. The Kier molecular flexibility index (Phi) is 3.99. The molecule has 0 aliphatic heterocycles. The van der Waals surface area contributed by atoms with Gasteiger partial charge in [0.25, 0.3) is 0 Å². The molecule has 0 atom stereocenters. The Bertz CT molecular complexity index is 760. The van der Waals surface area contributed by atoms with Crippen LogP contribution in [0.15, 0.2) is 60.0 Å². The molecule has 0 aliphatic carbocycles. The van der Waals surface area contributed by atoms with Gasteiger partial charge in [-0.1, -0.05) is 35.9 Å². The van der Waals surface area contributed by atoms with Crippen LogP contribution < -0.4 is 0 Å². The quantitative estimate of drug-likeness (QED) is 0.547. The molecule has 0 amide bonds. The minimum atomic E-state index is 0.557. The average molecular weight is 292 g/mol. The number of rotatable bonds is 4. The third kappa shape index (κ3) is 2.81. The number of thioether (sulfide) groups is 1. The van der Waals surface area contributed by atoms with E-state index in [2.05, 4.69) is 21.1 Å². The maximum atomic E-state index is 5.35. The number of terminal acetylenes is 1. The lowest BCUT2D eigenvalue weighted by Crippen LogP contribution is -1.99. The molecule has 0 spiro atoms. The number of hydrogen-bond donors (Lipinski definition) is 0. The van der Waals surface area contributed by atoms with Crippen molar-refractivity contribution in [1.82, 2.24) is 19.7 Å². The highest BCUT2D eigenvalue weighted by molar-refractivity contribution is 7.99. The first-order valence-corrected chi connectivity index (χ1v) is 7.36. The second-order valence-corrected chi connectivity index (χ2v) is 5.15. The van der Waals surface area contributed by atoms with Crippen molar-refractivity contribution in [2.75, 3.05) is 5.75 Å². The molecule has 102 valence electrons. The van der Waals surface area contributed by atoms with Gasteiger partial charge in [0, 0.05) is 23.6 Å². The van der Waals surface area contributed by atoms with E-state index in [0.29, 0.717) is 5.75 Å². The lowest BCUT2D eigenvalue weighted by molar-refractivity contribution is 0.888. The number of pyridine rings is 1. The molecule has 3 rings (SSSR count). The zero-order chi connectivity index (χ0) is 14.5. The first-order chi connectivity index (χ1) is 10.4. The van der Waals surface area contributed by atoms with Crippen molar-refractivity contribution in [1.29, 1.82) is 0 Å². The topological polar surface area (TPSA) is 43.6 Å². The zero-order valence-electron chi connectivity index (χ0n) is 11.2. The van der Waals surface area contributed by atoms with Crippen LogP contribution in [0.1, 0.15) is 0 Å². The molecule has 1 aromatic carbocycles. The molecule has 21 heavy (non-hydrogen) atoms. The van der Waals surface area contributed by atoms with E-state index < -0.39 is 0 Å². The Morgan fingerprint density at radius 3 is 2.52 bits per heavy atom. The van der Waals surface area contributed by atoms with Crippen LogP contribution in [0.5, 0.6) is 0 Å². The third-order valence-corrected chi connectivity index (χ3v) is 3.70. The molecular formula is C16H12N4S. The van der Waals surface area contributed by atoms with Gasteiger partial charge in [0.1, 0.15) is 0 Å². The molecule has 0 N–H and O–H groups in total. The van der Waals surface area contributed by atoms with Crippen molar-refractivity contribution >= 4 is 11.8 Å². The van der Waals surface area contributed by atoms with Gasteiger partial charge < -0.3 is 0 Å². The van der Waals surface area contributed by atoms with Gasteiger partial charge in [-0.3, -0.25) is 9.55 Å². The van der Waals surface area contributed by atoms with E-state index in [1.165, 1.54) is 11.8 Å². The lowest BCUT2D eigenvalue weighted by atomic mass is 10.2. The van der Waals surface area contributed by atoms with Crippen molar-refractivity contribution in [3.8, 4) is 29.4 Å². The number of nitrogens with zero attached hydrogens (tertiary/aromatic N) is 4. The molecule has 0 saturated heterocycles. The van der Waals surface area contributed by atoms with Gasteiger partial charge in [-0.25, -0.2) is 0 Å². The molecule has 0 fully saturated rings. The van der Waals surface area contributed by atoms with Crippen LogP contribution in [0.4, 0.5) is 0 Å². The predicted octanol–water partition coefficient (Wildman–Crippen LogP) is 3.05. The largest absolute Gasteiger partial charge is 0.270 e. The van der Waals surface area contributed by atoms with E-state index in [1.54, 1.807) is 12.4 Å². The highest BCUT2D eigenvalue weighted by Gasteiger charge is 2.15. The first kappa shape index (κ1) is 13.4. The summed E-state index contributed by atoms with van der Waals surface area (Å²) < 4.78 is 2.01. The minimum absolute atomic E-state index is 0.557. The highest BCUT2D eigenvalue weighted by Crippen LogP contribution is 2.27. The van der Waals surface area contributed by atoms with Crippen LogP contribution >= 0.6 is 11.8 Å². The maximum Gasteiger partial charge on any atom is 0.197 e. The maximum absolute atomic E-state index is 5.35. The summed E-state index contributed by atoms with van der Waals surface area (Å²) in [5.41, 5.74) is 1.97. The van der Waals surface area contributed by atoms with Crippen molar-refractivity contribution in [2.24, 2.45) is 0 Å². The van der Waals surface area contributed by atoms with Gasteiger partial charge >= 0.3 is 0 Å². The summed E-state index contributed by atoms with van der Waals surface area (Å²) in [6.45, 7) is 0. The second-order valence-electron chi connectivity index (χ2n) is 4.21. The summed E-state index contributed by atoms with van der Waals surface area (Å²) >= 11 is 1.49. The van der Waals surface area contributed by atoms with Gasteiger partial charge in [-0.15, -0.1) is 16.6 Å². The third-order valence-electron chi connectivity index (χ3n) is 2.87. The van der Waals surface area contributed by atoms with Crippen molar-refractivity contribution in [3.05, 3.63) is 54.9 Å². The van der Waals surface area contributed by atoms with Gasteiger partial charge in [0.2, 0.25) is 0 Å². The fraction of sp³-hybridized carbons (Fsp3) is 0.0625. The Morgan fingerprint density at radius 1 is 1.05 bits per heavy atom. The molecule has 0 radical (unpaired) electrons. The van der Waals surface area contributed by atoms with Gasteiger partial charge in [-0.05, 0) is 24.3 Å². The minimum Gasteiger partial charge on any atom is -0.270 e. The summed E-state index contributed by atoms with van der Waals surface area (Å²) in [5, 5.41) is 9.36. The first-order valence-electron chi connectivity index (χ1n) is 6.37. The average Bonchev–Trinajstić information content (AvgIpc) is 2.98. The molecule has 2 aromatic heterocycles. The molecular weight excluding hydrogens is 280 g/mol. The fourth-order valence-electron chi connectivity index (χ4n) is 1.97. The molecule has 0 aliphatic rings. The summed E-state index contributed by atoms with van der Waals surface area (Å²) in [6, 6.07) is 13.8. The Morgan fingerprint density at radius 2 is 1.81 bits per heavy atom. The molecule has 0 unspecified atom stereocenters. The summed E-state index contributed by atoms with van der Waals surface area (Å²) in [7, 11) is 0. The number of benzene rings is 1. The molecule has 4 nitrogen and oxygen atoms in total. The molecule has 0 bridgehead atoms. The van der Waals surface area contributed by atoms with Gasteiger partial charge in [0.15, 0.2) is 11.0 Å². The van der Waals surface area contributed by atoms with E-state index in [0.717, 1.165) is 22.2 Å². The van der Waals surface area contributed by atoms with Crippen LogP contribution in [-0.2, 0) is 0 Å². The standard InChI is InChI=1S/C16H12N4S/c1-2-12-21-16-19-18-15(13-8-10-17-11-9-13)20(16)14-6-4-3-5-7-14/h1,3-11H,12H2. The number of hydrogen-bond acceptors (Lipinski definition) is 4. The summed E-state index contributed by atoms with van der Waals surface area (Å²) in [6.07, 6.45) is 8.83. The summed E-state index contributed by atoms with van der Waals surface area (Å²) in [5.74, 6) is 3.95. The predicted molar refractivity (Wildman–Crippen MR) is 84.1 cm³/mol. The smallest absolute Gasteiger partial charge is 0.197 e. The van der Waals surface area contributed by atoms with Crippen molar-refractivity contribution in [2.45, 2.75) is 5.16 Å². The van der Waals surface area contributed by atoms with Crippen LogP contribution in [0, 0.1) is 12.3 Å². The van der Waals surface area contributed by atoms with Crippen molar-refractivity contribution < 1.29 is 0 Å². The van der Waals surface area contributed by atoms with Gasteiger partial charge in [-0.2, -0.15) is 0 Å². The highest BCUT2D eigenvalue weighted by atomic mass is 32.2. The molecule has 3 aromatic rings. The Hall–Kier alpha value is -2.58. The van der Waals surface area contributed by atoms with E-state index in [9.17, 15) is 0 Å².